The summed E-state index contributed by atoms with van der Waals surface area (Å²) in [4.78, 5) is 0. The van der Waals surface area contributed by atoms with E-state index < -0.39 is 0 Å². The first-order chi connectivity index (χ1) is 7.88. The van der Waals surface area contributed by atoms with E-state index in [-0.39, 0.29) is 0 Å². The fourth-order valence-corrected chi connectivity index (χ4v) is 1.40. The van der Waals surface area contributed by atoms with Gasteiger partial charge in [0.15, 0.2) is 5.75 Å². The minimum atomic E-state index is 0.675. The van der Waals surface area contributed by atoms with Gasteiger partial charge in [0.2, 0.25) is 0 Å². The average Bonchev–Trinajstić information content (AvgIpc) is 2.75. The summed E-state index contributed by atoms with van der Waals surface area (Å²) >= 11 is 0. The number of aromatic nitrogens is 2. The summed E-state index contributed by atoms with van der Waals surface area (Å²) < 4.78 is 7.46. The lowest BCUT2D eigenvalue weighted by atomic mass is 10.3. The van der Waals surface area contributed by atoms with Crippen molar-refractivity contribution in [1.29, 1.82) is 0 Å². The van der Waals surface area contributed by atoms with Gasteiger partial charge in [-0.25, -0.2) is 0 Å². The van der Waals surface area contributed by atoms with Gasteiger partial charge >= 0.3 is 0 Å². The quantitative estimate of drug-likeness (QED) is 0.833. The van der Waals surface area contributed by atoms with Crippen molar-refractivity contribution in [3.8, 4) is 11.5 Å². The number of nitrogens with zero attached hydrogens (tertiary/aromatic N) is 2. The van der Waals surface area contributed by atoms with Crippen molar-refractivity contribution < 1.29 is 4.74 Å². The molecule has 0 unspecified atom stereocenters. The molecule has 0 aliphatic rings. The summed E-state index contributed by atoms with van der Waals surface area (Å²) in [6.07, 6.45) is 4.51. The number of rotatable bonds is 5. The van der Waals surface area contributed by atoms with Gasteiger partial charge in [0.25, 0.3) is 0 Å². The van der Waals surface area contributed by atoms with Crippen LogP contribution in [0.1, 0.15) is 6.42 Å². The van der Waals surface area contributed by atoms with Gasteiger partial charge in [0.05, 0.1) is 12.4 Å². The third kappa shape index (κ3) is 2.84. The summed E-state index contributed by atoms with van der Waals surface area (Å²) in [6.45, 7) is 1.50. The molecule has 2 aromatic rings. The molecule has 0 amide bonds. The van der Waals surface area contributed by atoms with Crippen LogP contribution in [0.25, 0.3) is 0 Å². The molecule has 0 spiro atoms. The normalized spacial score (nSPS) is 10.3. The molecule has 0 saturated carbocycles. The molecule has 1 aromatic heterocycles. The lowest BCUT2D eigenvalue weighted by Gasteiger charge is -2.01. The van der Waals surface area contributed by atoms with Gasteiger partial charge in [-0.2, -0.15) is 5.10 Å². The van der Waals surface area contributed by atoms with E-state index in [4.69, 9.17) is 10.5 Å². The number of para-hydroxylation sites is 1. The van der Waals surface area contributed by atoms with Crippen molar-refractivity contribution in [2.45, 2.75) is 13.0 Å². The maximum Gasteiger partial charge on any atom is 0.165 e. The van der Waals surface area contributed by atoms with Crippen molar-refractivity contribution in [1.82, 2.24) is 9.78 Å². The molecule has 84 valence electrons. The fourth-order valence-electron chi connectivity index (χ4n) is 1.40. The zero-order valence-electron chi connectivity index (χ0n) is 9.04. The van der Waals surface area contributed by atoms with Gasteiger partial charge in [0.1, 0.15) is 5.75 Å². The van der Waals surface area contributed by atoms with Crippen LogP contribution in [0.5, 0.6) is 11.5 Å². The van der Waals surface area contributed by atoms with Crippen LogP contribution in [-0.4, -0.2) is 16.3 Å². The smallest absolute Gasteiger partial charge is 0.165 e. The van der Waals surface area contributed by atoms with Crippen molar-refractivity contribution in [2.75, 3.05) is 6.54 Å². The molecule has 1 heterocycles. The zero-order chi connectivity index (χ0) is 11.2. The summed E-state index contributed by atoms with van der Waals surface area (Å²) in [5.74, 6) is 1.57. The predicted molar refractivity (Wildman–Crippen MR) is 62.4 cm³/mol. The monoisotopic (exact) mass is 217 g/mol. The van der Waals surface area contributed by atoms with Crippen LogP contribution in [-0.2, 0) is 6.54 Å². The van der Waals surface area contributed by atoms with Gasteiger partial charge in [-0.3, -0.25) is 4.68 Å². The fraction of sp³-hybridized carbons (Fsp3) is 0.250. The van der Waals surface area contributed by atoms with E-state index >= 15 is 0 Å². The van der Waals surface area contributed by atoms with E-state index in [1.165, 1.54) is 0 Å². The Labute approximate surface area is 94.6 Å². The first-order valence-electron chi connectivity index (χ1n) is 5.34. The molecule has 4 heteroatoms. The highest BCUT2D eigenvalue weighted by Gasteiger charge is 2.00. The molecule has 4 nitrogen and oxygen atoms in total. The van der Waals surface area contributed by atoms with E-state index in [2.05, 4.69) is 5.10 Å². The Morgan fingerprint density at radius 1 is 1.19 bits per heavy atom. The van der Waals surface area contributed by atoms with E-state index in [0.717, 1.165) is 24.5 Å². The number of hydrogen-bond acceptors (Lipinski definition) is 3. The Balaban J connectivity index is 1.97. The van der Waals surface area contributed by atoms with Gasteiger partial charge in [-0.15, -0.1) is 0 Å². The molecular formula is C12H15N3O. The van der Waals surface area contributed by atoms with Crippen LogP contribution in [0.15, 0.2) is 42.7 Å². The second kappa shape index (κ2) is 5.32. The maximum absolute atomic E-state index is 5.62. The molecule has 0 radical (unpaired) electrons. The summed E-state index contributed by atoms with van der Waals surface area (Å²) in [5.41, 5.74) is 5.43. The van der Waals surface area contributed by atoms with Crippen LogP contribution in [0, 0.1) is 0 Å². The molecule has 16 heavy (non-hydrogen) atoms. The first-order valence-corrected chi connectivity index (χ1v) is 5.34. The van der Waals surface area contributed by atoms with Crippen LogP contribution in [0.2, 0.25) is 0 Å². The van der Waals surface area contributed by atoms with Crippen LogP contribution >= 0.6 is 0 Å². The Bertz CT molecular complexity index is 425. The van der Waals surface area contributed by atoms with E-state index in [9.17, 15) is 0 Å². The van der Waals surface area contributed by atoms with Gasteiger partial charge in [-0.05, 0) is 25.1 Å². The second-order valence-corrected chi connectivity index (χ2v) is 3.50. The summed E-state index contributed by atoms with van der Waals surface area (Å²) in [5, 5.41) is 4.19. The van der Waals surface area contributed by atoms with E-state index in [1.54, 1.807) is 6.20 Å². The lowest BCUT2D eigenvalue weighted by molar-refractivity contribution is 0.480. The average molecular weight is 217 g/mol. The lowest BCUT2D eigenvalue weighted by Crippen LogP contribution is -2.05. The van der Waals surface area contributed by atoms with Gasteiger partial charge in [0, 0.05) is 6.54 Å². The molecule has 0 bridgehead atoms. The van der Waals surface area contributed by atoms with Crippen molar-refractivity contribution >= 4 is 0 Å². The first kappa shape index (κ1) is 10.7. The summed E-state index contributed by atoms with van der Waals surface area (Å²) in [7, 11) is 0. The Morgan fingerprint density at radius 2 is 2.00 bits per heavy atom. The number of aryl methyl sites for hydroxylation is 1. The van der Waals surface area contributed by atoms with Gasteiger partial charge in [-0.1, -0.05) is 18.2 Å². The molecule has 0 saturated heterocycles. The van der Waals surface area contributed by atoms with Crippen molar-refractivity contribution in [3.05, 3.63) is 42.7 Å². The molecule has 0 aliphatic heterocycles. The van der Waals surface area contributed by atoms with Crippen LogP contribution < -0.4 is 10.5 Å². The minimum absolute atomic E-state index is 0.675. The highest BCUT2D eigenvalue weighted by molar-refractivity contribution is 5.27. The molecule has 0 fully saturated rings. The van der Waals surface area contributed by atoms with Crippen molar-refractivity contribution in [2.24, 2.45) is 5.73 Å². The van der Waals surface area contributed by atoms with Crippen LogP contribution in [0.4, 0.5) is 0 Å². The molecule has 0 aliphatic carbocycles. The van der Waals surface area contributed by atoms with Crippen LogP contribution in [0.3, 0.4) is 0 Å². The molecule has 2 rings (SSSR count). The van der Waals surface area contributed by atoms with E-state index in [1.807, 2.05) is 41.2 Å². The largest absolute Gasteiger partial charge is 0.454 e. The second-order valence-electron chi connectivity index (χ2n) is 3.50. The zero-order valence-corrected chi connectivity index (χ0v) is 9.04. The van der Waals surface area contributed by atoms with Crippen molar-refractivity contribution in [3.63, 3.8) is 0 Å². The van der Waals surface area contributed by atoms with Gasteiger partial charge < -0.3 is 10.5 Å². The number of benzene rings is 1. The molecule has 1 aromatic carbocycles. The SMILES string of the molecule is NCCCn1cc(Oc2ccccc2)cn1. The van der Waals surface area contributed by atoms with E-state index in [0.29, 0.717) is 6.54 Å². The number of nitrogens with two attached hydrogens (primary N) is 1. The Hall–Kier alpha value is -1.81. The highest BCUT2D eigenvalue weighted by atomic mass is 16.5. The third-order valence-corrected chi connectivity index (χ3v) is 2.18. The topological polar surface area (TPSA) is 53.1 Å². The third-order valence-electron chi connectivity index (χ3n) is 2.18. The Morgan fingerprint density at radius 3 is 2.75 bits per heavy atom. The minimum Gasteiger partial charge on any atom is -0.454 e. The Kier molecular flexibility index (Phi) is 3.56. The number of hydrogen-bond donors (Lipinski definition) is 1. The highest BCUT2D eigenvalue weighted by Crippen LogP contribution is 2.19. The maximum atomic E-state index is 5.62. The molecule has 0 atom stereocenters. The molecular weight excluding hydrogens is 202 g/mol. The predicted octanol–water partition coefficient (Wildman–Crippen LogP) is 2.02. The molecule has 2 N–H and O–H groups in total. The number of ether oxygens (including phenoxy) is 1. The standard InChI is InChI=1S/C12H15N3O/c13-7-4-8-15-10-12(9-14-15)16-11-5-2-1-3-6-11/h1-3,5-6,9-10H,4,7-8,13H2. The summed E-state index contributed by atoms with van der Waals surface area (Å²) in [6, 6.07) is 9.66.